The van der Waals surface area contributed by atoms with Gasteiger partial charge in [-0.1, -0.05) is 12.1 Å². The largest absolute Gasteiger partial charge is 0.179 e. The molecule has 0 aliphatic carbocycles. The number of nitrogens with zero attached hydrogens (tertiary/aromatic N) is 2. The average molecular weight is 152 g/mol. The highest BCUT2D eigenvalue weighted by molar-refractivity contribution is 7.47. The van der Waals surface area contributed by atoms with E-state index in [1.54, 1.807) is 24.3 Å². The molecule has 0 amide bonds. The summed E-state index contributed by atoms with van der Waals surface area (Å²) >= 11 is 4.40. The van der Waals surface area contributed by atoms with Crippen molar-refractivity contribution in [1.82, 2.24) is 0 Å². The van der Waals surface area contributed by atoms with Crippen LogP contribution in [0.2, 0.25) is 0 Å². The predicted molar refractivity (Wildman–Crippen MR) is 41.4 cm³/mol. The van der Waals surface area contributed by atoms with Crippen LogP contribution in [0.15, 0.2) is 33.8 Å². The summed E-state index contributed by atoms with van der Waals surface area (Å²) in [6.07, 6.45) is 0. The van der Waals surface area contributed by atoms with E-state index in [0.717, 1.165) is 0 Å². The van der Waals surface area contributed by atoms with E-state index in [2.05, 4.69) is 22.0 Å². The molecule has 0 saturated heterocycles. The SMILES string of the molecule is O=Nc1ccccc1N=S. The maximum atomic E-state index is 10.0. The van der Waals surface area contributed by atoms with Gasteiger partial charge in [0.2, 0.25) is 0 Å². The smallest absolute Gasteiger partial charge is 0.134 e. The Bertz CT molecular complexity index is 235. The molecule has 0 heterocycles. The standard InChI is InChI=1S/C6H4N2OS/c9-7-5-3-1-2-4-6(5)8-10/h1-4H. The van der Waals surface area contributed by atoms with Crippen molar-refractivity contribution in [2.45, 2.75) is 0 Å². The Morgan fingerprint density at radius 1 is 1.20 bits per heavy atom. The lowest BCUT2D eigenvalue weighted by Crippen LogP contribution is -1.63. The number of hydrogen-bond donors (Lipinski definition) is 0. The molecule has 4 heteroatoms. The lowest BCUT2D eigenvalue weighted by atomic mass is 10.3. The molecule has 50 valence electrons. The maximum Gasteiger partial charge on any atom is 0.134 e. The quantitative estimate of drug-likeness (QED) is 0.611. The first-order chi connectivity index (χ1) is 4.88. The zero-order chi connectivity index (χ0) is 7.40. The summed E-state index contributed by atoms with van der Waals surface area (Å²) < 4.78 is 3.43. The van der Waals surface area contributed by atoms with Crippen LogP contribution >= 0.6 is 0 Å². The Hall–Kier alpha value is -1.16. The number of rotatable bonds is 2. The fraction of sp³-hybridized carbons (Fsp3) is 0. The minimum absolute atomic E-state index is 0.289. The Morgan fingerprint density at radius 3 is 2.20 bits per heavy atom. The van der Waals surface area contributed by atoms with Gasteiger partial charge in [0.25, 0.3) is 0 Å². The first-order valence-electron chi connectivity index (χ1n) is 2.64. The Morgan fingerprint density at radius 2 is 1.80 bits per heavy atom. The molecule has 0 unspecified atom stereocenters. The van der Waals surface area contributed by atoms with Crippen molar-refractivity contribution in [3.8, 4) is 0 Å². The minimum Gasteiger partial charge on any atom is -0.179 e. The molecular weight excluding hydrogens is 148 g/mol. The highest BCUT2D eigenvalue weighted by Gasteiger charge is 1.96. The van der Waals surface area contributed by atoms with E-state index in [0.29, 0.717) is 5.69 Å². The van der Waals surface area contributed by atoms with Crippen molar-refractivity contribution in [3.05, 3.63) is 29.2 Å². The van der Waals surface area contributed by atoms with Crippen molar-refractivity contribution in [2.75, 3.05) is 0 Å². The van der Waals surface area contributed by atoms with E-state index in [9.17, 15) is 4.91 Å². The molecule has 1 aromatic rings. The van der Waals surface area contributed by atoms with Gasteiger partial charge >= 0.3 is 0 Å². The normalized spacial score (nSPS) is 8.80. The van der Waals surface area contributed by atoms with Crippen LogP contribution in [-0.4, -0.2) is 0 Å². The van der Waals surface area contributed by atoms with Crippen LogP contribution in [0.1, 0.15) is 0 Å². The lowest BCUT2D eigenvalue weighted by Gasteiger charge is -1.90. The zero-order valence-corrected chi connectivity index (χ0v) is 5.84. The molecule has 3 nitrogen and oxygen atoms in total. The van der Waals surface area contributed by atoms with Crippen LogP contribution in [0.5, 0.6) is 0 Å². The van der Waals surface area contributed by atoms with Crippen LogP contribution in [0.25, 0.3) is 0 Å². The third-order valence-corrected chi connectivity index (χ3v) is 1.28. The molecule has 0 saturated carbocycles. The fourth-order valence-corrected chi connectivity index (χ4v) is 0.773. The van der Waals surface area contributed by atoms with Gasteiger partial charge in [0.05, 0.1) is 0 Å². The van der Waals surface area contributed by atoms with Gasteiger partial charge in [-0.2, -0.15) is 4.36 Å². The van der Waals surface area contributed by atoms with Gasteiger partial charge in [0.1, 0.15) is 11.4 Å². The minimum atomic E-state index is 0.289. The Balaban J connectivity index is 3.20. The number of hydrogen-bond acceptors (Lipinski definition) is 4. The maximum absolute atomic E-state index is 10.0. The van der Waals surface area contributed by atoms with Crippen LogP contribution in [-0.2, 0) is 12.4 Å². The molecule has 1 rings (SSSR count). The molecule has 0 N–H and O–H groups in total. The molecule has 0 atom stereocenters. The van der Waals surface area contributed by atoms with E-state index in [-0.39, 0.29) is 5.69 Å². The Labute approximate surface area is 63.2 Å². The zero-order valence-electron chi connectivity index (χ0n) is 5.02. The third-order valence-electron chi connectivity index (χ3n) is 1.08. The van der Waals surface area contributed by atoms with Crippen molar-refractivity contribution < 1.29 is 0 Å². The van der Waals surface area contributed by atoms with Gasteiger partial charge in [0, 0.05) is 12.4 Å². The van der Waals surface area contributed by atoms with E-state index in [4.69, 9.17) is 0 Å². The van der Waals surface area contributed by atoms with Crippen molar-refractivity contribution in [1.29, 1.82) is 0 Å². The summed E-state index contributed by atoms with van der Waals surface area (Å²) in [5, 5.41) is 2.73. The topological polar surface area (TPSA) is 41.8 Å². The number of nitroso groups, excluding NO2 is 1. The molecular formula is C6H4N2OS. The molecule has 1 aromatic carbocycles. The molecule has 0 radical (unpaired) electrons. The second-order valence-electron chi connectivity index (χ2n) is 1.67. The van der Waals surface area contributed by atoms with Gasteiger partial charge in [-0.3, -0.25) is 0 Å². The molecule has 0 aromatic heterocycles. The van der Waals surface area contributed by atoms with Crippen molar-refractivity contribution in [3.63, 3.8) is 0 Å². The summed E-state index contributed by atoms with van der Waals surface area (Å²) in [5.74, 6) is 0. The first-order valence-corrected chi connectivity index (χ1v) is 3.00. The van der Waals surface area contributed by atoms with Gasteiger partial charge in [-0.25, -0.2) is 0 Å². The van der Waals surface area contributed by atoms with Gasteiger partial charge < -0.3 is 0 Å². The highest BCUT2D eigenvalue weighted by Crippen LogP contribution is 2.25. The van der Waals surface area contributed by atoms with Crippen LogP contribution in [0.3, 0.4) is 0 Å². The van der Waals surface area contributed by atoms with Crippen LogP contribution < -0.4 is 0 Å². The van der Waals surface area contributed by atoms with Crippen LogP contribution in [0.4, 0.5) is 11.4 Å². The number of benzene rings is 1. The molecule has 0 fully saturated rings. The summed E-state index contributed by atoms with van der Waals surface area (Å²) in [6.45, 7) is 0. The summed E-state index contributed by atoms with van der Waals surface area (Å²) in [4.78, 5) is 10.0. The molecule has 0 spiro atoms. The van der Waals surface area contributed by atoms with E-state index < -0.39 is 0 Å². The van der Waals surface area contributed by atoms with Gasteiger partial charge in [-0.15, -0.1) is 4.91 Å². The summed E-state index contributed by atoms with van der Waals surface area (Å²) in [7, 11) is 0. The summed E-state index contributed by atoms with van der Waals surface area (Å²) in [6, 6.07) is 6.67. The molecule has 0 bridgehead atoms. The summed E-state index contributed by atoms with van der Waals surface area (Å²) in [5.41, 5.74) is 0.741. The lowest BCUT2D eigenvalue weighted by molar-refractivity contribution is 1.45. The first kappa shape index (κ1) is 6.95. The van der Waals surface area contributed by atoms with Gasteiger partial charge in [-0.05, 0) is 17.3 Å². The Kier molecular flexibility index (Phi) is 2.17. The predicted octanol–water partition coefficient (Wildman–Crippen LogP) is 2.45. The molecule has 10 heavy (non-hydrogen) atoms. The van der Waals surface area contributed by atoms with Crippen molar-refractivity contribution in [2.24, 2.45) is 9.54 Å². The highest BCUT2D eigenvalue weighted by atomic mass is 32.1. The van der Waals surface area contributed by atoms with Crippen molar-refractivity contribution >= 4 is 23.8 Å². The van der Waals surface area contributed by atoms with Gasteiger partial charge in [0.15, 0.2) is 0 Å². The average Bonchev–Trinajstić information content (AvgIpc) is 2.04. The molecule has 0 aliphatic heterocycles. The second-order valence-corrected chi connectivity index (χ2v) is 1.85. The fourth-order valence-electron chi connectivity index (χ4n) is 0.619. The monoisotopic (exact) mass is 152 g/mol. The third kappa shape index (κ3) is 1.22. The molecule has 0 aliphatic rings. The second kappa shape index (κ2) is 3.12. The van der Waals surface area contributed by atoms with E-state index in [1.807, 2.05) is 0 Å². The van der Waals surface area contributed by atoms with E-state index in [1.165, 1.54) is 0 Å². The van der Waals surface area contributed by atoms with Crippen LogP contribution in [0, 0.1) is 4.91 Å². The van der Waals surface area contributed by atoms with E-state index >= 15 is 0 Å².